The van der Waals surface area contributed by atoms with Crippen LogP contribution in [0.15, 0.2) is 48.8 Å². The number of nitrogens with zero attached hydrogens (tertiary/aromatic N) is 4. The first-order valence-electron chi connectivity index (χ1n) is 8.98. The van der Waals surface area contributed by atoms with E-state index in [9.17, 15) is 10.1 Å². The molecule has 3 heterocycles. The first-order valence-corrected chi connectivity index (χ1v) is 11.0. The molecule has 1 N–H and O–H groups in total. The largest absolute Gasteiger partial charge is 0.334 e. The highest BCUT2D eigenvalue weighted by molar-refractivity contribution is 8.20. The smallest absolute Gasteiger partial charge is 0.311 e. The number of nitro groups is 1. The van der Waals surface area contributed by atoms with E-state index in [1.165, 1.54) is 28.7 Å². The van der Waals surface area contributed by atoms with Crippen molar-refractivity contribution >= 4 is 40.7 Å². The van der Waals surface area contributed by atoms with Gasteiger partial charge in [0.05, 0.1) is 9.00 Å². The Morgan fingerprint density at radius 3 is 2.82 bits per heavy atom. The van der Waals surface area contributed by atoms with Crippen LogP contribution in [-0.2, 0) is 10.5 Å². The Bertz CT molecular complexity index is 1050. The molecule has 0 amide bonds. The maximum atomic E-state index is 11.5. The molecular formula is C19H17N5O2S2. The van der Waals surface area contributed by atoms with E-state index in [1.54, 1.807) is 29.2 Å². The van der Waals surface area contributed by atoms with Crippen molar-refractivity contribution in [2.24, 2.45) is 0 Å². The quantitative estimate of drug-likeness (QED) is 0.500. The van der Waals surface area contributed by atoms with E-state index in [-0.39, 0.29) is 15.6 Å². The van der Waals surface area contributed by atoms with Gasteiger partial charge in [0.25, 0.3) is 0 Å². The molecule has 5 rings (SSSR count). The molecule has 142 valence electrons. The molecule has 1 aromatic carbocycles. The zero-order valence-corrected chi connectivity index (χ0v) is 16.5. The molecule has 7 nitrogen and oxygen atoms in total. The minimum atomic E-state index is -0.417. The van der Waals surface area contributed by atoms with E-state index in [0.29, 0.717) is 5.82 Å². The zero-order chi connectivity index (χ0) is 19.1. The third-order valence-electron chi connectivity index (χ3n) is 5.06. The normalized spacial score (nSPS) is 17.0. The van der Waals surface area contributed by atoms with E-state index in [2.05, 4.69) is 27.5 Å². The third kappa shape index (κ3) is 2.94. The van der Waals surface area contributed by atoms with E-state index in [1.807, 2.05) is 29.6 Å². The third-order valence-corrected chi connectivity index (χ3v) is 8.62. The average molecular weight is 412 g/mol. The van der Waals surface area contributed by atoms with E-state index in [4.69, 9.17) is 0 Å². The minimum absolute atomic E-state index is 0.0595. The van der Waals surface area contributed by atoms with Gasteiger partial charge in [0.1, 0.15) is 0 Å². The Balaban J connectivity index is 1.52. The van der Waals surface area contributed by atoms with Gasteiger partial charge in [-0.15, -0.1) is 23.5 Å². The van der Waals surface area contributed by atoms with Gasteiger partial charge in [0.2, 0.25) is 5.82 Å². The predicted molar refractivity (Wildman–Crippen MR) is 113 cm³/mol. The molecule has 0 saturated carbocycles. The van der Waals surface area contributed by atoms with E-state index >= 15 is 0 Å². The van der Waals surface area contributed by atoms with E-state index < -0.39 is 4.92 Å². The lowest BCUT2D eigenvalue weighted by Crippen LogP contribution is -2.10. The number of aromatic nitrogens is 3. The van der Waals surface area contributed by atoms with Crippen molar-refractivity contribution in [1.29, 1.82) is 0 Å². The minimum Gasteiger partial charge on any atom is -0.334 e. The SMILES string of the molecule is O=[N+]([O-])c1ccc(-n2cccn2)nc1Nc1ccc2c(c1)C1(CC2)SCCS1. The molecule has 1 aliphatic carbocycles. The van der Waals surface area contributed by atoms with Gasteiger partial charge in [-0.3, -0.25) is 10.1 Å². The summed E-state index contributed by atoms with van der Waals surface area (Å²) in [5, 5.41) is 18.8. The average Bonchev–Trinajstić information content (AvgIpc) is 3.45. The molecule has 0 bridgehead atoms. The first-order chi connectivity index (χ1) is 13.6. The Morgan fingerprint density at radius 1 is 1.21 bits per heavy atom. The second kappa shape index (κ2) is 6.82. The van der Waals surface area contributed by atoms with Gasteiger partial charge < -0.3 is 5.32 Å². The number of nitrogens with one attached hydrogen (secondary N) is 1. The standard InChI is InChI=1S/C19H17N5O2S2/c25-24(26)16-4-5-17(23-9-1-8-20-23)22-18(16)21-14-3-2-13-6-7-19(15(13)12-14)27-10-11-28-19/h1-5,8-9,12H,6-7,10-11H2,(H,21,22). The molecule has 1 spiro atoms. The number of hydrogen-bond donors (Lipinski definition) is 1. The Hall–Kier alpha value is -2.52. The molecule has 1 fully saturated rings. The lowest BCUT2D eigenvalue weighted by molar-refractivity contribution is -0.384. The van der Waals surface area contributed by atoms with Gasteiger partial charge in [-0.25, -0.2) is 9.67 Å². The fourth-order valence-electron chi connectivity index (χ4n) is 3.76. The lowest BCUT2D eigenvalue weighted by atomic mass is 10.1. The monoisotopic (exact) mass is 411 g/mol. The molecule has 9 heteroatoms. The first kappa shape index (κ1) is 17.6. The van der Waals surface area contributed by atoms with Gasteiger partial charge in [-0.2, -0.15) is 5.10 Å². The summed E-state index contributed by atoms with van der Waals surface area (Å²) in [6.45, 7) is 0. The molecule has 0 atom stereocenters. The second-order valence-electron chi connectivity index (χ2n) is 6.69. The van der Waals surface area contributed by atoms with E-state index in [0.717, 1.165) is 18.5 Å². The van der Waals surface area contributed by atoms with Crippen molar-refractivity contribution in [1.82, 2.24) is 14.8 Å². The van der Waals surface area contributed by atoms with Gasteiger partial charge >= 0.3 is 5.69 Å². The van der Waals surface area contributed by atoms with Crippen molar-refractivity contribution in [2.45, 2.75) is 16.9 Å². The molecule has 2 aliphatic rings. The van der Waals surface area contributed by atoms with Crippen LogP contribution < -0.4 is 5.32 Å². The number of aryl methyl sites for hydroxylation is 1. The topological polar surface area (TPSA) is 85.9 Å². The summed E-state index contributed by atoms with van der Waals surface area (Å²) in [5.41, 5.74) is 3.48. The van der Waals surface area contributed by atoms with Gasteiger partial charge in [-0.1, -0.05) is 6.07 Å². The highest BCUT2D eigenvalue weighted by Crippen LogP contribution is 2.59. The van der Waals surface area contributed by atoms with Crippen molar-refractivity contribution in [2.75, 3.05) is 16.8 Å². The Kier molecular flexibility index (Phi) is 4.28. The Morgan fingerprint density at radius 2 is 2.07 bits per heavy atom. The van der Waals surface area contributed by atoms with Crippen LogP contribution >= 0.6 is 23.5 Å². The maximum Gasteiger partial charge on any atom is 0.311 e. The van der Waals surface area contributed by atoms with Crippen LogP contribution in [0.25, 0.3) is 5.82 Å². The number of rotatable bonds is 4. The fourth-order valence-corrected chi connectivity index (χ4v) is 7.11. The van der Waals surface area contributed by atoms with Gasteiger partial charge in [0.15, 0.2) is 5.82 Å². The summed E-state index contributed by atoms with van der Waals surface area (Å²) in [4.78, 5) is 15.5. The van der Waals surface area contributed by atoms with Crippen LogP contribution in [0.2, 0.25) is 0 Å². The maximum absolute atomic E-state index is 11.5. The van der Waals surface area contributed by atoms with Crippen LogP contribution in [0.4, 0.5) is 17.2 Å². The number of benzene rings is 1. The molecular weight excluding hydrogens is 394 g/mol. The Labute approximate surface area is 170 Å². The molecule has 0 radical (unpaired) electrons. The van der Waals surface area contributed by atoms with Gasteiger partial charge in [0, 0.05) is 35.7 Å². The highest BCUT2D eigenvalue weighted by atomic mass is 32.2. The van der Waals surface area contributed by atoms with Crippen molar-refractivity contribution in [3.63, 3.8) is 0 Å². The van der Waals surface area contributed by atoms with Crippen LogP contribution in [0.1, 0.15) is 17.5 Å². The number of thioether (sulfide) groups is 2. The van der Waals surface area contributed by atoms with Crippen molar-refractivity contribution < 1.29 is 4.92 Å². The number of fused-ring (bicyclic) bond motifs is 2. The molecule has 2 aromatic heterocycles. The summed E-state index contributed by atoms with van der Waals surface area (Å²) in [5.74, 6) is 3.08. The zero-order valence-electron chi connectivity index (χ0n) is 14.9. The van der Waals surface area contributed by atoms with Gasteiger partial charge in [-0.05, 0) is 48.2 Å². The van der Waals surface area contributed by atoms with Crippen molar-refractivity contribution in [3.05, 3.63) is 70.0 Å². The van der Waals surface area contributed by atoms with Crippen LogP contribution in [0.3, 0.4) is 0 Å². The summed E-state index contributed by atoms with van der Waals surface area (Å²) in [6.07, 6.45) is 5.63. The summed E-state index contributed by atoms with van der Waals surface area (Å²) in [7, 11) is 0. The molecule has 3 aromatic rings. The van der Waals surface area contributed by atoms with Crippen LogP contribution in [0.5, 0.6) is 0 Å². The highest BCUT2D eigenvalue weighted by Gasteiger charge is 2.42. The molecule has 1 aliphatic heterocycles. The van der Waals surface area contributed by atoms with Crippen molar-refractivity contribution in [3.8, 4) is 5.82 Å². The number of hydrogen-bond acceptors (Lipinski definition) is 7. The lowest BCUT2D eigenvalue weighted by Gasteiger charge is -2.23. The molecule has 28 heavy (non-hydrogen) atoms. The summed E-state index contributed by atoms with van der Waals surface area (Å²) >= 11 is 4.04. The summed E-state index contributed by atoms with van der Waals surface area (Å²) < 4.78 is 1.72. The number of pyridine rings is 1. The number of anilines is 2. The molecule has 0 unspecified atom stereocenters. The molecule has 1 saturated heterocycles. The summed E-state index contributed by atoms with van der Waals surface area (Å²) in [6, 6.07) is 11.1. The fraction of sp³-hybridized carbons (Fsp3) is 0.263. The van der Waals surface area contributed by atoms with Crippen LogP contribution in [0, 0.1) is 10.1 Å². The predicted octanol–water partition coefficient (Wildman–Crippen LogP) is 4.50. The van der Waals surface area contributed by atoms with Crippen LogP contribution in [-0.4, -0.2) is 31.2 Å². The second-order valence-corrected chi connectivity index (χ2v) is 9.74.